The van der Waals surface area contributed by atoms with E-state index >= 15 is 0 Å². The lowest BCUT2D eigenvalue weighted by molar-refractivity contribution is 0.0386. The maximum Gasteiger partial charge on any atom is 0.191 e. The Morgan fingerprint density at radius 1 is 0.969 bits per heavy atom. The van der Waals surface area contributed by atoms with Crippen molar-refractivity contribution in [1.29, 1.82) is 0 Å². The van der Waals surface area contributed by atoms with Gasteiger partial charge in [-0.25, -0.2) is 4.99 Å². The van der Waals surface area contributed by atoms with Crippen LogP contribution in [-0.4, -0.2) is 24.2 Å². The summed E-state index contributed by atoms with van der Waals surface area (Å²) >= 11 is 0. The Morgan fingerprint density at radius 2 is 1.69 bits per heavy atom. The zero-order valence-electron chi connectivity index (χ0n) is 18.6. The second-order valence-corrected chi connectivity index (χ2v) is 7.55. The molecule has 0 aliphatic rings. The molecule has 0 spiro atoms. The molecule has 0 aliphatic heterocycles. The van der Waals surface area contributed by atoms with Crippen LogP contribution in [0.4, 0.5) is 0 Å². The predicted molar refractivity (Wildman–Crippen MR) is 138 cm³/mol. The Kier molecular flexibility index (Phi) is 10.7. The number of hydrogen-bond acceptors (Lipinski definition) is 4. The third-order valence-corrected chi connectivity index (χ3v) is 4.89. The molecule has 1 heterocycles. The van der Waals surface area contributed by atoms with Gasteiger partial charge in [-0.3, -0.25) is 0 Å². The minimum absolute atomic E-state index is 0. The summed E-state index contributed by atoms with van der Waals surface area (Å²) < 4.78 is 11.3. The summed E-state index contributed by atoms with van der Waals surface area (Å²) in [6.07, 6.45) is 1.56. The lowest BCUT2D eigenvalue weighted by atomic mass is 10.0. The minimum Gasteiger partial charge on any atom is -0.466 e. The van der Waals surface area contributed by atoms with Crippen molar-refractivity contribution < 1.29 is 14.3 Å². The van der Waals surface area contributed by atoms with Crippen LogP contribution in [0.15, 0.2) is 82.4 Å². The molecule has 7 heteroatoms. The average Bonchev–Trinajstić information content (AvgIpc) is 3.33. The number of benzene rings is 2. The molecule has 1 unspecified atom stereocenters. The van der Waals surface area contributed by atoms with E-state index in [0.717, 1.165) is 23.2 Å². The molecule has 1 aromatic heterocycles. The van der Waals surface area contributed by atoms with Crippen molar-refractivity contribution in [3.63, 3.8) is 0 Å². The van der Waals surface area contributed by atoms with Crippen LogP contribution < -0.4 is 10.6 Å². The molecule has 3 N–H and O–H groups in total. The van der Waals surface area contributed by atoms with Gasteiger partial charge in [0, 0.05) is 6.54 Å². The van der Waals surface area contributed by atoms with Gasteiger partial charge < -0.3 is 24.9 Å². The van der Waals surface area contributed by atoms with Gasteiger partial charge in [0.1, 0.15) is 11.4 Å². The number of aliphatic imine (C=N–C) groups is 1. The first kappa shape index (κ1) is 25.9. The molecule has 6 nitrogen and oxygen atoms in total. The van der Waals surface area contributed by atoms with Crippen LogP contribution in [0.3, 0.4) is 0 Å². The van der Waals surface area contributed by atoms with Gasteiger partial charge in [0.25, 0.3) is 0 Å². The topological polar surface area (TPSA) is 79.0 Å². The standard InChI is InChI=1S/C25H31N3O3.HI/c1-3-26-24(28-19-25(2,29)23-14-9-15-31-23)27-16-21-12-7-8-13-22(21)18-30-17-20-10-5-4-6-11-20;/h4-15,29H,3,16-19H2,1-2H3,(H2,26,27,28);1H. The summed E-state index contributed by atoms with van der Waals surface area (Å²) in [5, 5.41) is 17.1. The molecule has 0 saturated heterocycles. The number of furan rings is 1. The van der Waals surface area contributed by atoms with Gasteiger partial charge >= 0.3 is 0 Å². The lowest BCUT2D eigenvalue weighted by Crippen LogP contribution is -2.44. The summed E-state index contributed by atoms with van der Waals surface area (Å²) in [4.78, 5) is 4.69. The van der Waals surface area contributed by atoms with Crippen molar-refractivity contribution in [3.05, 3.63) is 95.4 Å². The van der Waals surface area contributed by atoms with Gasteiger partial charge in [0.15, 0.2) is 5.96 Å². The average molecular weight is 549 g/mol. The summed E-state index contributed by atoms with van der Waals surface area (Å²) in [5.41, 5.74) is 2.23. The quantitative estimate of drug-likeness (QED) is 0.196. The van der Waals surface area contributed by atoms with Crippen molar-refractivity contribution >= 4 is 29.9 Å². The van der Waals surface area contributed by atoms with Gasteiger partial charge in [0.2, 0.25) is 0 Å². The smallest absolute Gasteiger partial charge is 0.191 e. The van der Waals surface area contributed by atoms with Crippen LogP contribution in [0, 0.1) is 0 Å². The largest absolute Gasteiger partial charge is 0.466 e. The van der Waals surface area contributed by atoms with E-state index in [-0.39, 0.29) is 30.5 Å². The minimum atomic E-state index is -1.14. The Bertz CT molecular complexity index is 944. The Balaban J connectivity index is 0.00000363. The normalized spacial score (nSPS) is 13.2. The SMILES string of the molecule is CCNC(=NCc1ccccc1COCc1ccccc1)NCC(C)(O)c1ccco1.I. The van der Waals surface area contributed by atoms with Gasteiger partial charge in [-0.05, 0) is 42.7 Å². The van der Waals surface area contributed by atoms with E-state index in [4.69, 9.17) is 14.1 Å². The molecule has 3 rings (SSSR count). The van der Waals surface area contributed by atoms with Crippen LogP contribution >= 0.6 is 24.0 Å². The van der Waals surface area contributed by atoms with Crippen molar-refractivity contribution in [2.24, 2.45) is 4.99 Å². The highest BCUT2D eigenvalue weighted by Crippen LogP contribution is 2.19. The summed E-state index contributed by atoms with van der Waals surface area (Å²) in [7, 11) is 0. The van der Waals surface area contributed by atoms with E-state index in [1.807, 2.05) is 37.3 Å². The van der Waals surface area contributed by atoms with E-state index in [9.17, 15) is 5.11 Å². The van der Waals surface area contributed by atoms with Gasteiger partial charge in [-0.2, -0.15) is 0 Å². The first-order valence-corrected chi connectivity index (χ1v) is 10.6. The number of ether oxygens (including phenoxy) is 1. The molecule has 32 heavy (non-hydrogen) atoms. The number of halogens is 1. The van der Waals surface area contributed by atoms with Gasteiger partial charge in [0.05, 0.1) is 32.6 Å². The maximum absolute atomic E-state index is 10.7. The molecule has 0 amide bonds. The van der Waals surface area contributed by atoms with E-state index in [1.54, 1.807) is 25.3 Å². The Morgan fingerprint density at radius 3 is 2.38 bits per heavy atom. The molecule has 0 aliphatic carbocycles. The fourth-order valence-corrected chi connectivity index (χ4v) is 3.14. The number of aliphatic hydroxyl groups is 1. The van der Waals surface area contributed by atoms with E-state index in [2.05, 4.69) is 34.9 Å². The van der Waals surface area contributed by atoms with Gasteiger partial charge in [-0.15, -0.1) is 24.0 Å². The molecule has 2 aromatic carbocycles. The van der Waals surface area contributed by atoms with E-state index in [1.165, 1.54) is 0 Å². The molecule has 0 fully saturated rings. The van der Waals surface area contributed by atoms with Crippen LogP contribution in [0.1, 0.15) is 36.3 Å². The highest BCUT2D eigenvalue weighted by molar-refractivity contribution is 14.0. The summed E-state index contributed by atoms with van der Waals surface area (Å²) in [6.45, 7) is 6.31. The van der Waals surface area contributed by atoms with Crippen molar-refractivity contribution in [2.45, 2.75) is 39.2 Å². The van der Waals surface area contributed by atoms with E-state index < -0.39 is 5.60 Å². The summed E-state index contributed by atoms with van der Waals surface area (Å²) in [5.74, 6) is 1.14. The Hall–Kier alpha value is -2.36. The fraction of sp³-hybridized carbons (Fsp3) is 0.320. The molecule has 3 aromatic rings. The first-order chi connectivity index (χ1) is 15.1. The van der Waals surface area contributed by atoms with Gasteiger partial charge in [-0.1, -0.05) is 54.6 Å². The third kappa shape index (κ3) is 7.96. The van der Waals surface area contributed by atoms with Crippen LogP contribution in [0.5, 0.6) is 0 Å². The van der Waals surface area contributed by atoms with Crippen LogP contribution in [0.2, 0.25) is 0 Å². The van der Waals surface area contributed by atoms with Crippen molar-refractivity contribution in [3.8, 4) is 0 Å². The molecule has 172 valence electrons. The molecular weight excluding hydrogens is 517 g/mol. The zero-order valence-corrected chi connectivity index (χ0v) is 20.9. The zero-order chi connectivity index (χ0) is 21.9. The Labute approximate surface area is 207 Å². The number of nitrogens with zero attached hydrogens (tertiary/aromatic N) is 1. The molecule has 0 radical (unpaired) electrons. The highest BCUT2D eigenvalue weighted by Gasteiger charge is 2.26. The number of hydrogen-bond donors (Lipinski definition) is 3. The molecule has 0 saturated carbocycles. The third-order valence-electron chi connectivity index (χ3n) is 4.89. The van der Waals surface area contributed by atoms with Crippen LogP contribution in [-0.2, 0) is 30.1 Å². The number of guanidine groups is 1. The molecule has 0 bridgehead atoms. The fourth-order valence-electron chi connectivity index (χ4n) is 3.14. The number of nitrogens with one attached hydrogen (secondary N) is 2. The first-order valence-electron chi connectivity index (χ1n) is 10.6. The van der Waals surface area contributed by atoms with E-state index in [0.29, 0.717) is 31.5 Å². The monoisotopic (exact) mass is 549 g/mol. The van der Waals surface area contributed by atoms with Crippen LogP contribution in [0.25, 0.3) is 0 Å². The molecule has 1 atom stereocenters. The highest BCUT2D eigenvalue weighted by atomic mass is 127. The molecular formula is C25H32IN3O3. The van der Waals surface area contributed by atoms with Crippen molar-refractivity contribution in [1.82, 2.24) is 10.6 Å². The second kappa shape index (κ2) is 13.2. The second-order valence-electron chi connectivity index (χ2n) is 7.55. The predicted octanol–water partition coefficient (Wildman–Crippen LogP) is 4.58. The van der Waals surface area contributed by atoms with Crippen molar-refractivity contribution in [2.75, 3.05) is 13.1 Å². The summed E-state index contributed by atoms with van der Waals surface area (Å²) in [6, 6.07) is 21.8. The maximum atomic E-state index is 10.7. The lowest BCUT2D eigenvalue weighted by Gasteiger charge is -2.22. The number of rotatable bonds is 10.